The number of hydrogen-bond donors (Lipinski definition) is 0. The minimum Gasteiger partial charge on any atom is -0.493 e. The minimum atomic E-state index is -0.889. The van der Waals surface area contributed by atoms with Gasteiger partial charge in [0.2, 0.25) is 0 Å². The molecule has 0 saturated carbocycles. The van der Waals surface area contributed by atoms with Gasteiger partial charge in [-0.25, -0.2) is 0 Å². The van der Waals surface area contributed by atoms with Gasteiger partial charge in [-0.2, -0.15) is 0 Å². The Labute approximate surface area is 164 Å². The average molecular weight is 374 g/mol. The maximum atomic E-state index is 12.4. The molecular formula is C24H22O4. The van der Waals surface area contributed by atoms with Crippen LogP contribution in [0.3, 0.4) is 0 Å². The molecule has 0 spiro atoms. The van der Waals surface area contributed by atoms with Crippen LogP contribution in [0.25, 0.3) is 11.1 Å². The second-order valence-corrected chi connectivity index (χ2v) is 6.99. The summed E-state index contributed by atoms with van der Waals surface area (Å²) in [5.41, 5.74) is 4.09. The number of cyclic esters (lactones) is 1. The third-order valence-corrected chi connectivity index (χ3v) is 5.32. The van der Waals surface area contributed by atoms with Crippen LogP contribution < -0.4 is 9.47 Å². The molecule has 1 heterocycles. The van der Waals surface area contributed by atoms with Gasteiger partial charge in [0, 0.05) is 5.56 Å². The molecule has 0 saturated heterocycles. The Morgan fingerprint density at radius 2 is 1.46 bits per heavy atom. The third-order valence-electron chi connectivity index (χ3n) is 5.32. The Hall–Kier alpha value is -3.27. The van der Waals surface area contributed by atoms with Crippen LogP contribution in [0.4, 0.5) is 0 Å². The second-order valence-electron chi connectivity index (χ2n) is 6.99. The summed E-state index contributed by atoms with van der Waals surface area (Å²) < 4.78 is 16.7. The molecule has 0 radical (unpaired) electrons. The quantitative estimate of drug-likeness (QED) is 0.619. The maximum absolute atomic E-state index is 12.4. The predicted molar refractivity (Wildman–Crippen MR) is 108 cm³/mol. The summed E-state index contributed by atoms with van der Waals surface area (Å²) in [4.78, 5) is 12.4. The molecule has 1 aliphatic heterocycles. The number of fused-ring (bicyclic) bond motifs is 1. The fraction of sp³-hybridized carbons (Fsp3) is 0.208. The molecule has 0 amide bonds. The van der Waals surface area contributed by atoms with Crippen molar-refractivity contribution in [2.24, 2.45) is 0 Å². The molecule has 3 aromatic carbocycles. The molecule has 0 fully saturated rings. The number of benzene rings is 3. The van der Waals surface area contributed by atoms with E-state index in [0.29, 0.717) is 11.5 Å². The minimum absolute atomic E-state index is 0.216. The molecule has 4 heteroatoms. The second kappa shape index (κ2) is 7.04. The van der Waals surface area contributed by atoms with E-state index in [0.717, 1.165) is 27.8 Å². The first kappa shape index (κ1) is 18.1. The first-order valence-corrected chi connectivity index (χ1v) is 9.18. The summed E-state index contributed by atoms with van der Waals surface area (Å²) in [5.74, 6) is 0.971. The van der Waals surface area contributed by atoms with Crippen molar-refractivity contribution in [3.05, 3.63) is 83.4 Å². The van der Waals surface area contributed by atoms with Crippen LogP contribution >= 0.6 is 0 Å². The zero-order chi connectivity index (χ0) is 19.7. The Kier molecular flexibility index (Phi) is 4.55. The van der Waals surface area contributed by atoms with Gasteiger partial charge in [0.1, 0.15) is 0 Å². The molecule has 28 heavy (non-hydrogen) atoms. The number of esters is 1. The SMILES string of the molecule is COc1cc2c(cc1OC)[C@](C)(c1ccc(-c3ccccc3)cc1)OC(=O)C2. The number of hydrogen-bond acceptors (Lipinski definition) is 4. The van der Waals surface area contributed by atoms with E-state index < -0.39 is 5.60 Å². The highest BCUT2D eigenvalue weighted by Gasteiger charge is 2.40. The van der Waals surface area contributed by atoms with E-state index in [4.69, 9.17) is 14.2 Å². The van der Waals surface area contributed by atoms with Crippen molar-refractivity contribution in [2.75, 3.05) is 14.2 Å². The Morgan fingerprint density at radius 1 is 0.857 bits per heavy atom. The normalized spacial score (nSPS) is 18.2. The van der Waals surface area contributed by atoms with Crippen LogP contribution in [-0.2, 0) is 21.6 Å². The number of carbonyl (C=O) groups is 1. The summed E-state index contributed by atoms with van der Waals surface area (Å²) in [6, 6.07) is 22.1. The summed E-state index contributed by atoms with van der Waals surface area (Å²) in [7, 11) is 3.19. The summed E-state index contributed by atoms with van der Waals surface area (Å²) in [5, 5.41) is 0. The van der Waals surface area contributed by atoms with Crippen molar-refractivity contribution in [2.45, 2.75) is 18.9 Å². The lowest BCUT2D eigenvalue weighted by atomic mass is 9.81. The highest BCUT2D eigenvalue weighted by atomic mass is 16.6. The Bertz CT molecular complexity index is 1010. The van der Waals surface area contributed by atoms with Gasteiger partial charge in [-0.05, 0) is 41.3 Å². The molecule has 1 atom stereocenters. The van der Waals surface area contributed by atoms with Crippen molar-refractivity contribution in [1.82, 2.24) is 0 Å². The van der Waals surface area contributed by atoms with Crippen LogP contribution in [-0.4, -0.2) is 20.2 Å². The number of rotatable bonds is 4. The van der Waals surface area contributed by atoms with Crippen LogP contribution in [0.1, 0.15) is 23.6 Å². The fourth-order valence-electron chi connectivity index (χ4n) is 3.81. The van der Waals surface area contributed by atoms with Crippen molar-refractivity contribution in [3.63, 3.8) is 0 Å². The first-order valence-electron chi connectivity index (χ1n) is 9.18. The van der Waals surface area contributed by atoms with Crippen molar-refractivity contribution in [1.29, 1.82) is 0 Å². The molecular weight excluding hydrogens is 352 g/mol. The highest BCUT2D eigenvalue weighted by molar-refractivity contribution is 5.78. The van der Waals surface area contributed by atoms with Crippen LogP contribution in [0.2, 0.25) is 0 Å². The number of carbonyl (C=O) groups excluding carboxylic acids is 1. The van der Waals surface area contributed by atoms with E-state index in [2.05, 4.69) is 24.3 Å². The molecule has 0 aliphatic carbocycles. The van der Waals surface area contributed by atoms with Crippen molar-refractivity contribution >= 4 is 5.97 Å². The van der Waals surface area contributed by atoms with E-state index in [1.165, 1.54) is 0 Å². The molecule has 0 N–H and O–H groups in total. The maximum Gasteiger partial charge on any atom is 0.311 e. The molecule has 3 aromatic rings. The predicted octanol–water partition coefficient (Wildman–Crippen LogP) is 4.73. The molecule has 4 rings (SSSR count). The lowest BCUT2D eigenvalue weighted by molar-refractivity contribution is -0.156. The zero-order valence-corrected chi connectivity index (χ0v) is 16.2. The van der Waals surface area contributed by atoms with Gasteiger partial charge in [-0.15, -0.1) is 0 Å². The molecule has 1 aliphatic rings. The van der Waals surface area contributed by atoms with Gasteiger partial charge in [-0.3, -0.25) is 4.79 Å². The zero-order valence-electron chi connectivity index (χ0n) is 16.2. The summed E-state index contributed by atoms with van der Waals surface area (Å²) in [6.07, 6.45) is 0.216. The molecule has 142 valence electrons. The standard InChI is InChI=1S/C24H22O4/c1-24(19-11-9-17(10-12-19)16-7-5-4-6-8-16)20-15-22(27-3)21(26-2)13-18(20)14-23(25)28-24/h4-13,15H,14H2,1-3H3/t24-/m0/s1. The summed E-state index contributed by atoms with van der Waals surface area (Å²) in [6.45, 7) is 1.92. The molecule has 0 unspecified atom stereocenters. The van der Waals surface area contributed by atoms with Gasteiger partial charge in [0.15, 0.2) is 17.1 Å². The molecule has 0 bridgehead atoms. The lowest BCUT2D eigenvalue weighted by Gasteiger charge is -2.36. The first-order chi connectivity index (χ1) is 13.5. The van der Waals surface area contributed by atoms with Gasteiger partial charge in [0.05, 0.1) is 20.6 Å². The molecule has 0 aromatic heterocycles. The highest BCUT2D eigenvalue weighted by Crippen LogP contribution is 2.44. The van der Waals surface area contributed by atoms with E-state index >= 15 is 0 Å². The summed E-state index contributed by atoms with van der Waals surface area (Å²) >= 11 is 0. The van der Waals surface area contributed by atoms with Gasteiger partial charge in [-0.1, -0.05) is 54.6 Å². The number of methoxy groups -OCH3 is 2. The Balaban J connectivity index is 1.80. The monoisotopic (exact) mass is 374 g/mol. The third kappa shape index (κ3) is 3.01. The van der Waals surface area contributed by atoms with Crippen LogP contribution in [0, 0.1) is 0 Å². The fourth-order valence-corrected chi connectivity index (χ4v) is 3.81. The lowest BCUT2D eigenvalue weighted by Crippen LogP contribution is -2.36. The van der Waals surface area contributed by atoms with E-state index in [1.807, 2.05) is 49.4 Å². The van der Waals surface area contributed by atoms with Crippen LogP contribution in [0.5, 0.6) is 11.5 Å². The van der Waals surface area contributed by atoms with Gasteiger partial charge < -0.3 is 14.2 Å². The number of ether oxygens (including phenoxy) is 3. The largest absolute Gasteiger partial charge is 0.493 e. The van der Waals surface area contributed by atoms with E-state index in [-0.39, 0.29) is 12.4 Å². The van der Waals surface area contributed by atoms with Gasteiger partial charge >= 0.3 is 5.97 Å². The smallest absolute Gasteiger partial charge is 0.311 e. The van der Waals surface area contributed by atoms with E-state index in [9.17, 15) is 4.79 Å². The van der Waals surface area contributed by atoms with Gasteiger partial charge in [0.25, 0.3) is 0 Å². The average Bonchev–Trinajstić information content (AvgIpc) is 2.73. The van der Waals surface area contributed by atoms with Crippen molar-refractivity contribution < 1.29 is 19.0 Å². The van der Waals surface area contributed by atoms with Crippen molar-refractivity contribution in [3.8, 4) is 22.6 Å². The molecule has 4 nitrogen and oxygen atoms in total. The van der Waals surface area contributed by atoms with Crippen LogP contribution in [0.15, 0.2) is 66.7 Å². The van der Waals surface area contributed by atoms with E-state index in [1.54, 1.807) is 14.2 Å². The Morgan fingerprint density at radius 3 is 2.11 bits per heavy atom. The topological polar surface area (TPSA) is 44.8 Å².